The van der Waals surface area contributed by atoms with Gasteiger partial charge in [0, 0.05) is 43.8 Å². The van der Waals surface area contributed by atoms with Crippen molar-refractivity contribution >= 4 is 17.3 Å². The number of aromatic nitrogens is 1. The van der Waals surface area contributed by atoms with Gasteiger partial charge in [0.05, 0.1) is 13.2 Å². The van der Waals surface area contributed by atoms with E-state index in [9.17, 15) is 4.79 Å². The second-order valence-corrected chi connectivity index (χ2v) is 6.73. The van der Waals surface area contributed by atoms with Crippen molar-refractivity contribution in [2.75, 3.05) is 50.0 Å². The van der Waals surface area contributed by atoms with E-state index in [1.165, 1.54) is 0 Å². The fourth-order valence-corrected chi connectivity index (χ4v) is 3.23. The number of amides is 1. The summed E-state index contributed by atoms with van der Waals surface area (Å²) in [4.78, 5) is 19.3. The Kier molecular flexibility index (Phi) is 6.79. The molecule has 6 heteroatoms. The number of rotatable bonds is 7. The van der Waals surface area contributed by atoms with Crippen LogP contribution in [0.5, 0.6) is 0 Å². The van der Waals surface area contributed by atoms with Gasteiger partial charge in [-0.05, 0) is 36.6 Å². The first-order valence-corrected chi connectivity index (χ1v) is 9.57. The van der Waals surface area contributed by atoms with Gasteiger partial charge in [-0.3, -0.25) is 14.7 Å². The predicted octanol–water partition coefficient (Wildman–Crippen LogP) is 2.95. The number of nitrogens with one attached hydrogen (secondary N) is 2. The second kappa shape index (κ2) is 9.48. The number of para-hydroxylation sites is 1. The summed E-state index contributed by atoms with van der Waals surface area (Å²) in [5.74, 6) is -0.184. The lowest BCUT2D eigenvalue weighted by Crippen LogP contribution is -2.39. The molecule has 0 bridgehead atoms. The van der Waals surface area contributed by atoms with Crippen LogP contribution in [0.3, 0.4) is 0 Å². The van der Waals surface area contributed by atoms with E-state index in [1.807, 2.05) is 31.2 Å². The highest BCUT2D eigenvalue weighted by molar-refractivity contribution is 6.04. The Balaban J connectivity index is 1.60. The van der Waals surface area contributed by atoms with Gasteiger partial charge in [-0.25, -0.2) is 0 Å². The van der Waals surface area contributed by atoms with Gasteiger partial charge in [-0.15, -0.1) is 0 Å². The smallest absolute Gasteiger partial charge is 0.274 e. The molecule has 2 N–H and O–H groups in total. The van der Waals surface area contributed by atoms with Gasteiger partial charge in [0.1, 0.15) is 5.69 Å². The molecule has 1 saturated heterocycles. The highest BCUT2D eigenvalue weighted by Crippen LogP contribution is 2.22. The minimum atomic E-state index is -0.184. The van der Waals surface area contributed by atoms with Crippen molar-refractivity contribution in [3.63, 3.8) is 0 Å². The number of morpholine rings is 1. The number of ether oxygens (including phenoxy) is 1. The minimum Gasteiger partial charge on any atom is -0.384 e. The second-order valence-electron chi connectivity index (χ2n) is 6.73. The molecular formula is C21H28N4O2. The summed E-state index contributed by atoms with van der Waals surface area (Å²) in [6.07, 6.45) is 2.54. The molecule has 1 fully saturated rings. The van der Waals surface area contributed by atoms with Crippen LogP contribution >= 0.6 is 0 Å². The van der Waals surface area contributed by atoms with Crippen LogP contribution in [0.2, 0.25) is 0 Å². The number of hydrogen-bond donors (Lipinski definition) is 2. The Labute approximate surface area is 160 Å². The van der Waals surface area contributed by atoms with Crippen LogP contribution in [-0.2, 0) is 11.2 Å². The molecule has 144 valence electrons. The van der Waals surface area contributed by atoms with Crippen LogP contribution in [0.4, 0.5) is 11.4 Å². The van der Waals surface area contributed by atoms with E-state index in [0.717, 1.165) is 68.3 Å². The van der Waals surface area contributed by atoms with Gasteiger partial charge >= 0.3 is 0 Å². The zero-order valence-electron chi connectivity index (χ0n) is 16.1. The average molecular weight is 368 g/mol. The van der Waals surface area contributed by atoms with Crippen LogP contribution in [-0.4, -0.2) is 55.2 Å². The first-order valence-electron chi connectivity index (χ1n) is 9.57. The Hall–Kier alpha value is -2.44. The third kappa shape index (κ3) is 5.28. The van der Waals surface area contributed by atoms with E-state index in [1.54, 1.807) is 12.3 Å². The Morgan fingerprint density at radius 2 is 2.07 bits per heavy atom. The van der Waals surface area contributed by atoms with Gasteiger partial charge in [-0.2, -0.15) is 0 Å². The molecule has 0 radical (unpaired) electrons. The zero-order valence-corrected chi connectivity index (χ0v) is 16.1. The first kappa shape index (κ1) is 19.3. The van der Waals surface area contributed by atoms with Crippen LogP contribution < -0.4 is 10.6 Å². The Morgan fingerprint density at radius 1 is 1.26 bits per heavy atom. The lowest BCUT2D eigenvalue weighted by Gasteiger charge is -2.26. The molecule has 1 aliphatic rings. The van der Waals surface area contributed by atoms with Crippen molar-refractivity contribution in [1.82, 2.24) is 9.88 Å². The number of carbonyl (C=O) groups excluding carboxylic acids is 1. The van der Waals surface area contributed by atoms with Crippen molar-refractivity contribution in [2.24, 2.45) is 0 Å². The number of hydrogen-bond acceptors (Lipinski definition) is 5. The molecule has 0 spiro atoms. The van der Waals surface area contributed by atoms with Gasteiger partial charge in [0.25, 0.3) is 5.91 Å². The van der Waals surface area contributed by atoms with Gasteiger partial charge in [0.2, 0.25) is 0 Å². The fraction of sp³-hybridized carbons (Fsp3) is 0.429. The number of nitrogens with zero attached hydrogens (tertiary/aromatic N) is 2. The summed E-state index contributed by atoms with van der Waals surface area (Å²) in [6, 6.07) is 9.76. The third-order valence-corrected chi connectivity index (χ3v) is 4.83. The Bertz CT molecular complexity index is 773. The van der Waals surface area contributed by atoms with Crippen molar-refractivity contribution in [3.8, 4) is 0 Å². The number of carbonyl (C=O) groups is 1. The monoisotopic (exact) mass is 368 g/mol. The van der Waals surface area contributed by atoms with Crippen LogP contribution in [0, 0.1) is 6.92 Å². The van der Waals surface area contributed by atoms with E-state index >= 15 is 0 Å². The molecule has 1 aromatic carbocycles. The minimum absolute atomic E-state index is 0.184. The van der Waals surface area contributed by atoms with Crippen molar-refractivity contribution in [1.29, 1.82) is 0 Å². The van der Waals surface area contributed by atoms with Crippen LogP contribution in [0.25, 0.3) is 0 Å². The predicted molar refractivity (Wildman–Crippen MR) is 108 cm³/mol. The molecule has 2 aromatic rings. The van der Waals surface area contributed by atoms with E-state index in [4.69, 9.17) is 4.74 Å². The molecule has 1 aliphatic heterocycles. The molecule has 6 nitrogen and oxygen atoms in total. The molecule has 27 heavy (non-hydrogen) atoms. The maximum absolute atomic E-state index is 12.7. The molecule has 0 atom stereocenters. The summed E-state index contributed by atoms with van der Waals surface area (Å²) < 4.78 is 5.37. The molecule has 0 unspecified atom stereocenters. The quantitative estimate of drug-likeness (QED) is 0.787. The van der Waals surface area contributed by atoms with E-state index in [0.29, 0.717) is 5.69 Å². The van der Waals surface area contributed by atoms with E-state index in [2.05, 4.69) is 27.4 Å². The molecule has 3 rings (SSSR count). The van der Waals surface area contributed by atoms with Crippen molar-refractivity contribution in [3.05, 3.63) is 53.3 Å². The summed E-state index contributed by atoms with van der Waals surface area (Å²) in [6.45, 7) is 9.42. The first-order chi connectivity index (χ1) is 13.2. The molecule has 1 amide bonds. The van der Waals surface area contributed by atoms with Crippen molar-refractivity contribution in [2.45, 2.75) is 20.3 Å². The lowest BCUT2D eigenvalue weighted by atomic mass is 10.1. The zero-order chi connectivity index (χ0) is 19.1. The number of benzene rings is 1. The summed E-state index contributed by atoms with van der Waals surface area (Å²) >= 11 is 0. The highest BCUT2D eigenvalue weighted by atomic mass is 16.5. The number of anilines is 2. The largest absolute Gasteiger partial charge is 0.384 e. The maximum atomic E-state index is 12.7. The number of pyridine rings is 1. The van der Waals surface area contributed by atoms with E-state index in [-0.39, 0.29) is 5.91 Å². The Morgan fingerprint density at radius 3 is 2.85 bits per heavy atom. The molecule has 2 heterocycles. The standard InChI is InChI=1S/C21H28N4O2/c1-3-17-6-4-5-16(2)20(17)24-21(26)19-15-18(7-8-23-19)22-9-10-25-11-13-27-14-12-25/h4-8,15H,3,9-14H2,1-2H3,(H,22,23)(H,24,26). The topological polar surface area (TPSA) is 66.5 Å². The maximum Gasteiger partial charge on any atom is 0.274 e. The van der Waals surface area contributed by atoms with Gasteiger partial charge in [0.15, 0.2) is 0 Å². The molecular weight excluding hydrogens is 340 g/mol. The lowest BCUT2D eigenvalue weighted by molar-refractivity contribution is 0.0398. The summed E-state index contributed by atoms with van der Waals surface area (Å²) in [7, 11) is 0. The average Bonchev–Trinajstić information content (AvgIpc) is 2.70. The summed E-state index contributed by atoms with van der Waals surface area (Å²) in [5.41, 5.74) is 4.39. The van der Waals surface area contributed by atoms with Crippen LogP contribution in [0.15, 0.2) is 36.5 Å². The number of aryl methyl sites for hydroxylation is 2. The molecule has 0 aliphatic carbocycles. The van der Waals surface area contributed by atoms with Crippen LogP contribution in [0.1, 0.15) is 28.5 Å². The van der Waals surface area contributed by atoms with Gasteiger partial charge < -0.3 is 15.4 Å². The fourth-order valence-electron chi connectivity index (χ4n) is 3.23. The third-order valence-electron chi connectivity index (χ3n) is 4.83. The van der Waals surface area contributed by atoms with E-state index < -0.39 is 0 Å². The summed E-state index contributed by atoms with van der Waals surface area (Å²) in [5, 5.41) is 6.41. The van der Waals surface area contributed by atoms with Crippen molar-refractivity contribution < 1.29 is 9.53 Å². The molecule has 0 saturated carbocycles. The normalized spacial score (nSPS) is 14.7. The van der Waals surface area contributed by atoms with Gasteiger partial charge in [-0.1, -0.05) is 25.1 Å². The molecule has 1 aromatic heterocycles. The SMILES string of the molecule is CCc1cccc(C)c1NC(=O)c1cc(NCCN2CCOCC2)ccn1. The highest BCUT2D eigenvalue weighted by Gasteiger charge is 2.13.